The summed E-state index contributed by atoms with van der Waals surface area (Å²) in [5.41, 5.74) is 0.103. The molecule has 0 spiro atoms. The van der Waals surface area contributed by atoms with Gasteiger partial charge in [-0.2, -0.15) is 0 Å². The molecular weight excluding hydrogens is 428 g/mol. The van der Waals surface area contributed by atoms with E-state index in [4.69, 9.17) is 14.2 Å². The zero-order valence-corrected chi connectivity index (χ0v) is 16.5. The van der Waals surface area contributed by atoms with Crippen molar-refractivity contribution in [3.8, 4) is 23.0 Å². The van der Waals surface area contributed by atoms with Crippen molar-refractivity contribution in [3.05, 3.63) is 47.5 Å². The molecule has 1 fully saturated rings. The minimum Gasteiger partial charge on any atom is -0.508 e. The summed E-state index contributed by atoms with van der Waals surface area (Å²) in [5.74, 6) is -1.82. The van der Waals surface area contributed by atoms with Gasteiger partial charge in [0.2, 0.25) is 5.78 Å². The van der Waals surface area contributed by atoms with E-state index in [0.717, 1.165) is 12.1 Å². The number of rotatable bonds is 4. The molecule has 0 saturated carbocycles. The van der Waals surface area contributed by atoms with Gasteiger partial charge in [-0.25, -0.2) is 0 Å². The Morgan fingerprint density at radius 1 is 0.906 bits per heavy atom. The molecule has 2 aromatic carbocycles. The number of ether oxygens (including phenoxy) is 3. The SMILES string of the molecule is O=C1c2c(O)cc(O)cc2O[C@H](c2ccc(O)cc2)[C@H]1O[C@@H]1O[C@H](CO)[C@@H](O)[C@H](O)[C@H]1O. The molecule has 172 valence electrons. The largest absolute Gasteiger partial charge is 0.508 e. The standard InChI is InChI=1S/C21H22O11/c22-7-13-15(26)17(28)18(29)21(31-13)32-20-16(27)14-11(25)5-10(24)6-12(14)30-19(20)8-1-3-9(23)4-2-8/h1-6,13,15,17-26,28-29H,7H2/t13-,15-,17+,18-,19-,20+,21+/m1/s1. The Bertz CT molecular complexity index is 990. The lowest BCUT2D eigenvalue weighted by molar-refractivity contribution is -0.311. The van der Waals surface area contributed by atoms with Crippen molar-refractivity contribution < 1.29 is 54.8 Å². The number of fused-ring (bicyclic) bond motifs is 1. The van der Waals surface area contributed by atoms with Crippen LogP contribution >= 0.6 is 0 Å². The molecule has 0 aliphatic carbocycles. The Hall–Kier alpha value is -2.93. The molecule has 2 aliphatic rings. The number of benzene rings is 2. The highest BCUT2D eigenvalue weighted by molar-refractivity contribution is 6.05. The fourth-order valence-electron chi connectivity index (χ4n) is 3.77. The van der Waals surface area contributed by atoms with E-state index in [1.807, 2.05) is 0 Å². The number of carbonyl (C=O) groups excluding carboxylic acids is 1. The van der Waals surface area contributed by atoms with E-state index in [9.17, 15) is 40.5 Å². The molecule has 7 atom stereocenters. The molecular formula is C21H22O11. The Balaban J connectivity index is 1.72. The predicted molar refractivity (Wildman–Crippen MR) is 104 cm³/mol. The van der Waals surface area contributed by atoms with E-state index in [-0.39, 0.29) is 22.8 Å². The number of aliphatic hydroxyl groups is 4. The summed E-state index contributed by atoms with van der Waals surface area (Å²) in [5, 5.41) is 69.2. The van der Waals surface area contributed by atoms with Crippen LogP contribution < -0.4 is 4.74 Å². The first-order valence-electron chi connectivity index (χ1n) is 9.73. The number of carbonyl (C=O) groups is 1. The third-order valence-electron chi connectivity index (χ3n) is 5.45. The fraction of sp³-hybridized carbons (Fsp3) is 0.381. The van der Waals surface area contributed by atoms with E-state index in [1.165, 1.54) is 24.3 Å². The first-order chi connectivity index (χ1) is 15.2. The summed E-state index contributed by atoms with van der Waals surface area (Å²) in [7, 11) is 0. The van der Waals surface area contributed by atoms with Gasteiger partial charge in [-0.1, -0.05) is 12.1 Å². The van der Waals surface area contributed by atoms with Crippen molar-refractivity contribution in [1.29, 1.82) is 0 Å². The molecule has 7 N–H and O–H groups in total. The number of ketones is 1. The Morgan fingerprint density at radius 2 is 1.59 bits per heavy atom. The second-order valence-corrected chi connectivity index (χ2v) is 7.59. The predicted octanol–water partition coefficient (Wildman–Crippen LogP) is -0.695. The molecule has 2 aliphatic heterocycles. The summed E-state index contributed by atoms with van der Waals surface area (Å²) < 4.78 is 16.9. The second kappa shape index (κ2) is 8.54. The van der Waals surface area contributed by atoms with E-state index >= 15 is 0 Å². The molecule has 4 rings (SSSR count). The third-order valence-corrected chi connectivity index (χ3v) is 5.45. The van der Waals surface area contributed by atoms with Crippen molar-refractivity contribution in [2.45, 2.75) is 42.9 Å². The molecule has 0 unspecified atom stereocenters. The van der Waals surface area contributed by atoms with Gasteiger partial charge >= 0.3 is 0 Å². The van der Waals surface area contributed by atoms with Crippen LogP contribution in [0.4, 0.5) is 0 Å². The molecule has 11 heteroatoms. The van der Waals surface area contributed by atoms with Gasteiger partial charge in [0, 0.05) is 12.1 Å². The van der Waals surface area contributed by atoms with Gasteiger partial charge < -0.3 is 50.0 Å². The number of phenolic OH excluding ortho intramolecular Hbond substituents is 3. The van der Waals surface area contributed by atoms with Gasteiger partial charge in [-0.3, -0.25) is 4.79 Å². The van der Waals surface area contributed by atoms with Gasteiger partial charge in [-0.05, 0) is 17.7 Å². The second-order valence-electron chi connectivity index (χ2n) is 7.59. The number of hydrogen-bond acceptors (Lipinski definition) is 11. The molecule has 32 heavy (non-hydrogen) atoms. The van der Waals surface area contributed by atoms with Crippen LogP contribution in [0.5, 0.6) is 23.0 Å². The minimum absolute atomic E-state index is 0.0435. The van der Waals surface area contributed by atoms with Gasteiger partial charge in [0.05, 0.1) is 6.61 Å². The van der Waals surface area contributed by atoms with Crippen molar-refractivity contribution in [3.63, 3.8) is 0 Å². The molecule has 2 heterocycles. The van der Waals surface area contributed by atoms with Crippen LogP contribution in [0.2, 0.25) is 0 Å². The summed E-state index contributed by atoms with van der Waals surface area (Å²) in [6, 6.07) is 7.72. The van der Waals surface area contributed by atoms with E-state index in [2.05, 4.69) is 0 Å². The van der Waals surface area contributed by atoms with Crippen LogP contribution in [0.25, 0.3) is 0 Å². The maximum absolute atomic E-state index is 13.3. The monoisotopic (exact) mass is 450 g/mol. The average molecular weight is 450 g/mol. The van der Waals surface area contributed by atoms with Gasteiger partial charge in [0.25, 0.3) is 0 Å². The topological polar surface area (TPSA) is 186 Å². The van der Waals surface area contributed by atoms with E-state index in [1.54, 1.807) is 0 Å². The van der Waals surface area contributed by atoms with Crippen molar-refractivity contribution >= 4 is 5.78 Å². The molecule has 0 aromatic heterocycles. The lowest BCUT2D eigenvalue weighted by atomic mass is 9.92. The van der Waals surface area contributed by atoms with Crippen LogP contribution in [0, 0.1) is 0 Å². The maximum Gasteiger partial charge on any atom is 0.203 e. The van der Waals surface area contributed by atoms with Crippen LogP contribution in [-0.2, 0) is 9.47 Å². The first kappa shape index (κ1) is 22.3. The van der Waals surface area contributed by atoms with E-state index < -0.39 is 61.1 Å². The minimum atomic E-state index is -1.77. The van der Waals surface area contributed by atoms with Crippen molar-refractivity contribution in [2.75, 3.05) is 6.61 Å². The average Bonchev–Trinajstić information content (AvgIpc) is 2.75. The normalized spacial score (nSPS) is 32.2. The van der Waals surface area contributed by atoms with Crippen LogP contribution in [-0.4, -0.2) is 84.9 Å². The highest BCUT2D eigenvalue weighted by atomic mass is 16.7. The van der Waals surface area contributed by atoms with Crippen molar-refractivity contribution in [2.24, 2.45) is 0 Å². The molecule has 1 saturated heterocycles. The Labute approximate surface area is 181 Å². The van der Waals surface area contributed by atoms with Crippen molar-refractivity contribution in [1.82, 2.24) is 0 Å². The summed E-state index contributed by atoms with van der Waals surface area (Å²) in [4.78, 5) is 13.3. The number of aliphatic hydroxyl groups excluding tert-OH is 4. The van der Waals surface area contributed by atoms with Crippen LogP contribution in [0.3, 0.4) is 0 Å². The fourth-order valence-corrected chi connectivity index (χ4v) is 3.77. The Morgan fingerprint density at radius 3 is 2.25 bits per heavy atom. The molecule has 0 amide bonds. The zero-order valence-electron chi connectivity index (χ0n) is 16.5. The third kappa shape index (κ3) is 3.86. The molecule has 0 radical (unpaired) electrons. The first-order valence-corrected chi connectivity index (χ1v) is 9.73. The summed E-state index contributed by atoms with van der Waals surface area (Å²) in [6.07, 6.45) is -10.7. The number of aromatic hydroxyl groups is 3. The molecule has 11 nitrogen and oxygen atoms in total. The lowest BCUT2D eigenvalue weighted by Gasteiger charge is -2.42. The Kier molecular flexibility index (Phi) is 5.95. The highest BCUT2D eigenvalue weighted by Gasteiger charge is 2.49. The van der Waals surface area contributed by atoms with Gasteiger partial charge in [-0.15, -0.1) is 0 Å². The quantitative estimate of drug-likeness (QED) is 0.312. The van der Waals surface area contributed by atoms with Gasteiger partial charge in [0.15, 0.2) is 18.5 Å². The lowest BCUT2D eigenvalue weighted by Crippen LogP contribution is -2.60. The highest BCUT2D eigenvalue weighted by Crippen LogP contribution is 2.43. The molecule has 2 aromatic rings. The number of phenols is 3. The molecule has 0 bridgehead atoms. The maximum atomic E-state index is 13.3. The van der Waals surface area contributed by atoms with E-state index in [0.29, 0.717) is 5.56 Å². The number of Topliss-reactive ketones (excluding diaryl/α,β-unsaturated/α-hetero) is 1. The van der Waals surface area contributed by atoms with Crippen LogP contribution in [0.15, 0.2) is 36.4 Å². The summed E-state index contributed by atoms with van der Waals surface area (Å²) >= 11 is 0. The smallest absolute Gasteiger partial charge is 0.203 e. The zero-order chi connectivity index (χ0) is 23.2. The van der Waals surface area contributed by atoms with Gasteiger partial charge in [0.1, 0.15) is 53.0 Å². The number of hydrogen-bond donors (Lipinski definition) is 7. The summed E-state index contributed by atoms with van der Waals surface area (Å²) in [6.45, 7) is -0.690. The van der Waals surface area contributed by atoms with Crippen LogP contribution in [0.1, 0.15) is 22.0 Å².